The molecule has 3 aromatic carbocycles. The van der Waals surface area contributed by atoms with Gasteiger partial charge < -0.3 is 5.11 Å². The Balaban J connectivity index is 2.02. The molecule has 0 atom stereocenters. The van der Waals surface area contributed by atoms with Crippen LogP contribution in [-0.2, 0) is 5.41 Å². The quantitative estimate of drug-likeness (QED) is 0.525. The molecule has 0 saturated heterocycles. The van der Waals surface area contributed by atoms with Crippen LogP contribution in [0.3, 0.4) is 0 Å². The fraction of sp³-hybridized carbons (Fsp3) is 0.143. The van der Waals surface area contributed by atoms with Crippen LogP contribution in [-0.4, -0.2) is 5.11 Å². The van der Waals surface area contributed by atoms with Gasteiger partial charge in [-0.15, -0.1) is 0 Å². The van der Waals surface area contributed by atoms with E-state index in [1.807, 2.05) is 18.2 Å². The molecule has 4 rings (SSSR count). The number of hydrogen-bond donors (Lipinski definition) is 1. The van der Waals surface area contributed by atoms with E-state index in [0.29, 0.717) is 15.6 Å². The zero-order valence-electron chi connectivity index (χ0n) is 13.4. The number of rotatable bonds is 1. The molecular weight excluding hydrogens is 367 g/mol. The number of halogens is 2. The van der Waals surface area contributed by atoms with Crippen LogP contribution in [0.1, 0.15) is 25.0 Å². The number of benzene rings is 3. The van der Waals surface area contributed by atoms with Crippen LogP contribution < -0.4 is 0 Å². The van der Waals surface area contributed by atoms with Gasteiger partial charge in [-0.1, -0.05) is 50.2 Å². The van der Waals surface area contributed by atoms with Crippen LogP contribution in [0.2, 0.25) is 0 Å². The van der Waals surface area contributed by atoms with Crippen LogP contribution in [0, 0.1) is 5.82 Å². The maximum absolute atomic E-state index is 14.5. The number of phenolic OH excluding ortho intramolecular Hbond substituents is 1. The highest BCUT2D eigenvalue weighted by molar-refractivity contribution is 9.10. The minimum Gasteiger partial charge on any atom is -0.507 e. The molecule has 0 spiro atoms. The summed E-state index contributed by atoms with van der Waals surface area (Å²) in [5.41, 5.74) is 5.23. The molecule has 0 heterocycles. The fourth-order valence-corrected chi connectivity index (χ4v) is 4.03. The zero-order valence-corrected chi connectivity index (χ0v) is 15.0. The van der Waals surface area contributed by atoms with E-state index in [-0.39, 0.29) is 17.0 Å². The van der Waals surface area contributed by atoms with Crippen LogP contribution in [0.25, 0.3) is 22.3 Å². The Labute approximate surface area is 148 Å². The van der Waals surface area contributed by atoms with Crippen molar-refractivity contribution in [2.45, 2.75) is 19.3 Å². The molecule has 0 aromatic heterocycles. The molecule has 0 radical (unpaired) electrons. The molecule has 0 amide bonds. The van der Waals surface area contributed by atoms with Crippen molar-refractivity contribution in [3.8, 4) is 28.0 Å². The molecule has 0 unspecified atom stereocenters. The van der Waals surface area contributed by atoms with Crippen molar-refractivity contribution in [1.29, 1.82) is 0 Å². The molecule has 0 bridgehead atoms. The van der Waals surface area contributed by atoms with Crippen molar-refractivity contribution in [3.63, 3.8) is 0 Å². The Morgan fingerprint density at radius 2 is 1.54 bits per heavy atom. The van der Waals surface area contributed by atoms with Crippen molar-refractivity contribution >= 4 is 15.9 Å². The highest BCUT2D eigenvalue weighted by Crippen LogP contribution is 2.51. The van der Waals surface area contributed by atoms with Crippen molar-refractivity contribution < 1.29 is 9.50 Å². The van der Waals surface area contributed by atoms with Crippen molar-refractivity contribution in [2.75, 3.05) is 0 Å². The van der Waals surface area contributed by atoms with E-state index in [1.165, 1.54) is 5.56 Å². The van der Waals surface area contributed by atoms with E-state index < -0.39 is 0 Å². The summed E-state index contributed by atoms with van der Waals surface area (Å²) in [5, 5.41) is 10.6. The van der Waals surface area contributed by atoms with Crippen molar-refractivity contribution in [1.82, 2.24) is 0 Å². The van der Waals surface area contributed by atoms with Crippen molar-refractivity contribution in [2.24, 2.45) is 0 Å². The van der Waals surface area contributed by atoms with Gasteiger partial charge in [-0.2, -0.15) is 0 Å². The average Bonchev–Trinajstić information content (AvgIpc) is 2.78. The molecule has 1 nitrogen and oxygen atoms in total. The van der Waals surface area contributed by atoms with Gasteiger partial charge >= 0.3 is 0 Å². The van der Waals surface area contributed by atoms with Gasteiger partial charge in [0.2, 0.25) is 0 Å². The topological polar surface area (TPSA) is 20.2 Å². The first-order valence-electron chi connectivity index (χ1n) is 7.83. The highest BCUT2D eigenvalue weighted by Gasteiger charge is 2.36. The average molecular weight is 383 g/mol. The van der Waals surface area contributed by atoms with Gasteiger partial charge in [0, 0.05) is 16.5 Å². The molecule has 1 aliphatic rings. The lowest BCUT2D eigenvalue weighted by molar-refractivity contribution is 0.474. The van der Waals surface area contributed by atoms with E-state index in [9.17, 15) is 9.50 Å². The maximum atomic E-state index is 14.5. The van der Waals surface area contributed by atoms with Gasteiger partial charge in [-0.05, 0) is 56.4 Å². The summed E-state index contributed by atoms with van der Waals surface area (Å²) in [5.74, 6) is -0.259. The monoisotopic (exact) mass is 382 g/mol. The summed E-state index contributed by atoms with van der Waals surface area (Å²) in [6.07, 6.45) is 0. The van der Waals surface area contributed by atoms with E-state index in [2.05, 4.69) is 41.9 Å². The summed E-state index contributed by atoms with van der Waals surface area (Å²) >= 11 is 3.22. The lowest BCUT2D eigenvalue weighted by Gasteiger charge is -2.22. The molecule has 0 fully saturated rings. The largest absolute Gasteiger partial charge is 0.507 e. The third-order valence-corrected chi connectivity index (χ3v) is 5.55. The van der Waals surface area contributed by atoms with Crippen LogP contribution in [0.5, 0.6) is 5.75 Å². The number of hydrogen-bond acceptors (Lipinski definition) is 1. The third-order valence-electron chi connectivity index (χ3n) is 4.94. The van der Waals surface area contributed by atoms with Gasteiger partial charge in [0.25, 0.3) is 0 Å². The smallest absolute Gasteiger partial charge is 0.145 e. The Bertz CT molecular complexity index is 976. The second kappa shape index (κ2) is 5.18. The van der Waals surface area contributed by atoms with Gasteiger partial charge in [-0.25, -0.2) is 4.39 Å². The second-order valence-corrected chi connectivity index (χ2v) is 7.54. The SMILES string of the molecule is CC1(C)c2ccccc2-c2cc(-c3cccc(Br)c3F)c(O)cc21. The molecule has 24 heavy (non-hydrogen) atoms. The number of aromatic hydroxyl groups is 1. The first-order chi connectivity index (χ1) is 11.4. The van der Waals surface area contributed by atoms with Gasteiger partial charge in [-0.3, -0.25) is 0 Å². The van der Waals surface area contributed by atoms with Crippen LogP contribution in [0.15, 0.2) is 59.1 Å². The standard InChI is InChI=1S/C21H16BrFO/c1-21(2)16-8-4-3-6-12(16)14-10-15(19(24)11-17(14)21)13-7-5-9-18(22)20(13)23/h3-11,24H,1-2H3. The van der Waals surface area contributed by atoms with Crippen molar-refractivity contribution in [3.05, 3.63) is 76.0 Å². The summed E-state index contributed by atoms with van der Waals surface area (Å²) < 4.78 is 14.9. The predicted molar refractivity (Wildman–Crippen MR) is 98.8 cm³/mol. The molecule has 120 valence electrons. The summed E-state index contributed by atoms with van der Waals surface area (Å²) in [7, 11) is 0. The minimum absolute atomic E-state index is 0.103. The molecule has 3 heteroatoms. The van der Waals surface area contributed by atoms with Crippen LogP contribution >= 0.6 is 15.9 Å². The molecule has 1 aliphatic carbocycles. The highest BCUT2D eigenvalue weighted by atomic mass is 79.9. The zero-order chi connectivity index (χ0) is 17.1. The molecular formula is C21H16BrFO. The lowest BCUT2D eigenvalue weighted by atomic mass is 9.82. The Hall–Kier alpha value is -2.13. The molecule has 3 aromatic rings. The summed E-state index contributed by atoms with van der Waals surface area (Å²) in [6, 6.07) is 17.0. The first kappa shape index (κ1) is 15.4. The fourth-order valence-electron chi connectivity index (χ4n) is 3.66. The van der Waals surface area contributed by atoms with E-state index >= 15 is 0 Å². The Morgan fingerprint density at radius 1 is 0.833 bits per heavy atom. The summed E-state index contributed by atoms with van der Waals surface area (Å²) in [6.45, 7) is 4.30. The van der Waals surface area contributed by atoms with E-state index in [0.717, 1.165) is 16.7 Å². The normalized spacial score (nSPS) is 14.3. The van der Waals surface area contributed by atoms with Gasteiger partial charge in [0.15, 0.2) is 0 Å². The Kier molecular flexibility index (Phi) is 3.33. The number of fused-ring (bicyclic) bond motifs is 3. The molecule has 1 N–H and O–H groups in total. The molecule has 0 aliphatic heterocycles. The van der Waals surface area contributed by atoms with E-state index in [4.69, 9.17) is 0 Å². The van der Waals surface area contributed by atoms with Gasteiger partial charge in [0.1, 0.15) is 11.6 Å². The summed E-state index contributed by atoms with van der Waals surface area (Å²) in [4.78, 5) is 0. The van der Waals surface area contributed by atoms with Gasteiger partial charge in [0.05, 0.1) is 4.47 Å². The van der Waals surface area contributed by atoms with Crippen LogP contribution in [0.4, 0.5) is 4.39 Å². The third kappa shape index (κ3) is 2.04. The second-order valence-electron chi connectivity index (χ2n) is 6.69. The predicted octanol–water partition coefficient (Wildman–Crippen LogP) is 6.27. The number of phenols is 1. The maximum Gasteiger partial charge on any atom is 0.145 e. The Morgan fingerprint density at radius 3 is 2.33 bits per heavy atom. The van der Waals surface area contributed by atoms with E-state index in [1.54, 1.807) is 24.3 Å². The minimum atomic E-state index is -0.363. The molecule has 0 saturated carbocycles. The lowest BCUT2D eigenvalue weighted by Crippen LogP contribution is -2.14. The first-order valence-corrected chi connectivity index (χ1v) is 8.62.